The van der Waals surface area contributed by atoms with Gasteiger partial charge in [0.1, 0.15) is 17.6 Å². The Morgan fingerprint density at radius 2 is 1.66 bits per heavy atom. The Balaban J connectivity index is 0.808. The number of carbonyl (C=O) groups excluding carboxylic acids is 4. The van der Waals surface area contributed by atoms with Gasteiger partial charge in [-0.15, -0.1) is 0 Å². The molecule has 3 N–H and O–H groups in total. The summed E-state index contributed by atoms with van der Waals surface area (Å²) in [6, 6.07) is 11.9. The maximum Gasteiger partial charge on any atom is 0.254 e. The zero-order valence-corrected chi connectivity index (χ0v) is 33.4. The van der Waals surface area contributed by atoms with Gasteiger partial charge in [-0.3, -0.25) is 29.4 Å². The van der Waals surface area contributed by atoms with E-state index >= 15 is 4.39 Å². The van der Waals surface area contributed by atoms with Crippen molar-refractivity contribution in [2.24, 2.45) is 0 Å². The zero-order chi connectivity index (χ0) is 41.5. The minimum absolute atomic E-state index is 0.0306. The van der Waals surface area contributed by atoms with Crippen molar-refractivity contribution in [3.05, 3.63) is 91.3 Å². The number of aromatic nitrogens is 2. The molecule has 4 saturated heterocycles. The number of amides is 4. The first kappa shape index (κ1) is 41.6. The molecule has 1 aromatic heterocycles. The van der Waals surface area contributed by atoms with Gasteiger partial charge >= 0.3 is 0 Å². The normalized spacial score (nSPS) is 20.2. The first-order valence-electron chi connectivity index (χ1n) is 20.7. The van der Waals surface area contributed by atoms with Crippen LogP contribution in [0, 0.1) is 11.6 Å². The van der Waals surface area contributed by atoms with E-state index in [4.69, 9.17) is 0 Å². The molecule has 59 heavy (non-hydrogen) atoms. The van der Waals surface area contributed by atoms with Gasteiger partial charge in [0.05, 0.1) is 6.20 Å². The molecule has 0 aliphatic carbocycles. The fraction of sp³-hybridized carbons (Fsp3) is 0.455. The zero-order valence-electron chi connectivity index (χ0n) is 33.4. The quantitative estimate of drug-likeness (QED) is 0.151. The predicted molar refractivity (Wildman–Crippen MR) is 222 cm³/mol. The first-order valence-corrected chi connectivity index (χ1v) is 20.7. The number of likely N-dealkylation sites (tertiary alicyclic amines) is 3. The topological polar surface area (TPSA) is 143 Å². The van der Waals surface area contributed by atoms with Crippen LogP contribution in [0.2, 0.25) is 0 Å². The Morgan fingerprint density at radius 1 is 0.898 bits per heavy atom. The largest absolute Gasteiger partial charge is 0.374 e. The number of halogens is 2. The van der Waals surface area contributed by atoms with Crippen LogP contribution in [0.1, 0.15) is 69.3 Å². The standard InChI is InChI=1S/C44H53F2N9O4/c1-3-40(57)55(4-2)34-7-5-6-30(26-34)42-37(46)28-47-44(51-42)49-31-14-24-54(25-15-31)41(58)18-21-52-19-16-33(17-20-52)53-22-12-29(13-23-53)35-9-8-32(27-36(35)45)48-38-10-11-39(56)50-43(38)59/h3-9,26-29,31,33,38,48H,1-2,10-25H2,(H,47,49,51)(H,50,56,59). The van der Waals surface area contributed by atoms with Gasteiger partial charge in [0.2, 0.25) is 23.7 Å². The average Bonchev–Trinajstić information content (AvgIpc) is 3.25. The van der Waals surface area contributed by atoms with Crippen molar-refractivity contribution < 1.29 is 28.0 Å². The third-order valence-corrected chi connectivity index (χ3v) is 12.2. The van der Waals surface area contributed by atoms with Crippen LogP contribution in [0.5, 0.6) is 0 Å². The molecule has 1 atom stereocenters. The lowest BCUT2D eigenvalue weighted by molar-refractivity contribution is -0.134. The van der Waals surface area contributed by atoms with E-state index in [0.717, 1.165) is 77.4 Å². The number of nitrogens with zero attached hydrogens (tertiary/aromatic N) is 6. The highest BCUT2D eigenvalue weighted by Gasteiger charge is 2.31. The summed E-state index contributed by atoms with van der Waals surface area (Å²) in [5.74, 6) is -1.26. The van der Waals surface area contributed by atoms with Crippen molar-refractivity contribution in [2.45, 2.75) is 81.8 Å². The molecule has 0 saturated carbocycles. The molecule has 5 heterocycles. The van der Waals surface area contributed by atoms with Gasteiger partial charge in [-0.1, -0.05) is 31.4 Å². The van der Waals surface area contributed by atoms with Gasteiger partial charge in [-0.25, -0.2) is 18.7 Å². The number of imide groups is 1. The summed E-state index contributed by atoms with van der Waals surface area (Å²) < 4.78 is 30.2. The van der Waals surface area contributed by atoms with Crippen molar-refractivity contribution in [3.8, 4) is 11.3 Å². The number of hydrogen-bond acceptors (Lipinski definition) is 10. The van der Waals surface area contributed by atoms with Gasteiger partial charge in [0, 0.05) is 67.7 Å². The average molecular weight is 810 g/mol. The molecule has 0 spiro atoms. The third-order valence-electron chi connectivity index (χ3n) is 12.2. The number of piperidine rings is 4. The van der Waals surface area contributed by atoms with E-state index in [1.165, 1.54) is 23.2 Å². The highest BCUT2D eigenvalue weighted by atomic mass is 19.1. The van der Waals surface area contributed by atoms with Crippen LogP contribution in [0.4, 0.5) is 26.1 Å². The second-order valence-electron chi connectivity index (χ2n) is 15.9. The molecule has 0 radical (unpaired) electrons. The Hall–Kier alpha value is -5.54. The summed E-state index contributed by atoms with van der Waals surface area (Å²) in [4.78, 5) is 65.9. The van der Waals surface area contributed by atoms with E-state index in [1.54, 1.807) is 24.3 Å². The monoisotopic (exact) mass is 809 g/mol. The van der Waals surface area contributed by atoms with Gasteiger partial charge in [0.25, 0.3) is 5.91 Å². The molecule has 1 unspecified atom stereocenters. The highest BCUT2D eigenvalue weighted by molar-refractivity contribution is 6.03. The SMILES string of the molecule is C=CC(=O)N(C=C)c1cccc(-c2nc(NC3CCN(C(=O)CCN4CCC(N5CCC(c6ccc(NC7CCC(=O)NC7=O)cc6F)CC5)CC4)CC3)ncc2F)c1. The molecular formula is C44H53F2N9O4. The maximum atomic E-state index is 15.3. The van der Waals surface area contributed by atoms with Gasteiger partial charge in [-0.2, -0.15) is 0 Å². The van der Waals surface area contributed by atoms with E-state index < -0.39 is 11.9 Å². The second kappa shape index (κ2) is 19.0. The molecular weight excluding hydrogens is 757 g/mol. The van der Waals surface area contributed by atoms with Crippen LogP contribution in [-0.2, 0) is 19.2 Å². The van der Waals surface area contributed by atoms with E-state index in [2.05, 4.69) is 48.9 Å². The molecule has 4 aliphatic heterocycles. The number of carbonyl (C=O) groups is 4. The van der Waals surface area contributed by atoms with Gasteiger partial charge in [0.15, 0.2) is 5.82 Å². The minimum atomic E-state index is -0.584. The summed E-state index contributed by atoms with van der Waals surface area (Å²) in [5.41, 5.74) is 2.36. The van der Waals surface area contributed by atoms with E-state index in [-0.39, 0.29) is 53.5 Å². The van der Waals surface area contributed by atoms with Crippen molar-refractivity contribution in [3.63, 3.8) is 0 Å². The fourth-order valence-corrected chi connectivity index (χ4v) is 8.79. The van der Waals surface area contributed by atoms with Crippen LogP contribution in [0.25, 0.3) is 11.3 Å². The van der Waals surface area contributed by atoms with E-state index in [0.29, 0.717) is 60.4 Å². The molecule has 7 rings (SSSR count). The Morgan fingerprint density at radius 3 is 2.36 bits per heavy atom. The Bertz CT molecular complexity index is 2040. The molecule has 4 amide bonds. The van der Waals surface area contributed by atoms with Crippen molar-refractivity contribution in [1.29, 1.82) is 0 Å². The third kappa shape index (κ3) is 10.2. The molecule has 4 aliphatic rings. The lowest BCUT2D eigenvalue weighted by Gasteiger charge is -2.42. The summed E-state index contributed by atoms with van der Waals surface area (Å²) in [7, 11) is 0. The number of nitrogens with one attached hydrogen (secondary N) is 3. The molecule has 3 aromatic rings. The lowest BCUT2D eigenvalue weighted by atomic mass is 9.87. The van der Waals surface area contributed by atoms with Gasteiger partial charge < -0.3 is 25.3 Å². The number of hydrogen-bond donors (Lipinski definition) is 3. The molecule has 15 heteroatoms. The molecule has 312 valence electrons. The number of anilines is 3. The fourth-order valence-electron chi connectivity index (χ4n) is 8.79. The molecule has 2 aromatic carbocycles. The second-order valence-corrected chi connectivity index (χ2v) is 15.9. The molecule has 13 nitrogen and oxygen atoms in total. The Kier molecular flexibility index (Phi) is 13.4. The van der Waals surface area contributed by atoms with Crippen molar-refractivity contribution in [2.75, 3.05) is 61.3 Å². The predicted octanol–water partition coefficient (Wildman–Crippen LogP) is 5.44. The Labute approximate surface area is 343 Å². The van der Waals surface area contributed by atoms with Crippen molar-refractivity contribution >= 4 is 41.0 Å². The number of benzene rings is 2. The smallest absolute Gasteiger partial charge is 0.254 e. The van der Waals surface area contributed by atoms with Crippen molar-refractivity contribution in [1.82, 2.24) is 30.0 Å². The first-order chi connectivity index (χ1) is 28.6. The molecule has 0 bridgehead atoms. The van der Waals surface area contributed by atoms with Crippen LogP contribution in [0.15, 0.2) is 74.1 Å². The summed E-state index contributed by atoms with van der Waals surface area (Å²) in [6.45, 7) is 12.9. The highest BCUT2D eigenvalue weighted by Crippen LogP contribution is 2.34. The van der Waals surface area contributed by atoms with Crippen LogP contribution in [0.3, 0.4) is 0 Å². The van der Waals surface area contributed by atoms with E-state index in [9.17, 15) is 23.6 Å². The summed E-state index contributed by atoms with van der Waals surface area (Å²) >= 11 is 0. The molecule has 4 fully saturated rings. The van der Waals surface area contributed by atoms with Gasteiger partial charge in [-0.05, 0) is 113 Å². The summed E-state index contributed by atoms with van der Waals surface area (Å²) in [5, 5.41) is 8.72. The maximum absolute atomic E-state index is 15.3. The summed E-state index contributed by atoms with van der Waals surface area (Å²) in [6.07, 6.45) is 10.1. The number of rotatable bonds is 13. The lowest BCUT2D eigenvalue weighted by Crippen LogP contribution is -2.48. The van der Waals surface area contributed by atoms with E-state index in [1.807, 2.05) is 17.0 Å². The minimum Gasteiger partial charge on any atom is -0.374 e. The van der Waals surface area contributed by atoms with Crippen LogP contribution >= 0.6 is 0 Å². The van der Waals surface area contributed by atoms with Crippen LogP contribution < -0.4 is 20.9 Å². The van der Waals surface area contributed by atoms with Crippen LogP contribution in [-0.4, -0.2) is 112 Å².